The smallest absolute Gasteiger partial charge is 0.416 e. The average molecular weight is 580 g/mol. The summed E-state index contributed by atoms with van der Waals surface area (Å²) < 4.78 is 100. The maximum absolute atomic E-state index is 15.0. The summed E-state index contributed by atoms with van der Waals surface area (Å²) in [6, 6.07) is 0.291. The first-order valence-corrected chi connectivity index (χ1v) is 12.2. The Kier molecular flexibility index (Phi) is 8.74. The molecule has 0 saturated heterocycles. The zero-order valence-corrected chi connectivity index (χ0v) is 21.7. The number of anilines is 3. The highest BCUT2D eigenvalue weighted by Gasteiger charge is 2.37. The molecule has 3 rings (SSSR count). The molecule has 1 saturated carbocycles. The number of nitrogens with one attached hydrogen (secondary N) is 3. The summed E-state index contributed by atoms with van der Waals surface area (Å²) >= 11 is 0. The molecule has 2 aromatic rings. The molecule has 15 heteroatoms. The van der Waals surface area contributed by atoms with Crippen LogP contribution in [0.3, 0.4) is 0 Å². The summed E-state index contributed by atoms with van der Waals surface area (Å²) in [6.07, 6.45) is -8.51. The van der Waals surface area contributed by atoms with Crippen LogP contribution in [-0.4, -0.2) is 34.7 Å². The summed E-state index contributed by atoms with van der Waals surface area (Å²) in [7, 11) is 0. The van der Waals surface area contributed by atoms with E-state index in [2.05, 4.69) is 20.9 Å². The van der Waals surface area contributed by atoms with Crippen molar-refractivity contribution in [3.63, 3.8) is 0 Å². The average Bonchev–Trinajstić information content (AvgIpc) is 2.79. The Hall–Kier alpha value is -3.78. The van der Waals surface area contributed by atoms with Crippen molar-refractivity contribution >= 4 is 29.3 Å². The number of benzene rings is 1. The molecule has 0 bridgehead atoms. The molecule has 2 amide bonds. The highest BCUT2D eigenvalue weighted by Crippen LogP contribution is 2.38. The van der Waals surface area contributed by atoms with Crippen molar-refractivity contribution in [1.82, 2.24) is 10.3 Å². The molecule has 1 fully saturated rings. The predicted molar refractivity (Wildman–Crippen MR) is 131 cm³/mol. The molecule has 40 heavy (non-hydrogen) atoms. The van der Waals surface area contributed by atoms with Gasteiger partial charge >= 0.3 is 18.4 Å². The van der Waals surface area contributed by atoms with Gasteiger partial charge in [0.1, 0.15) is 11.4 Å². The third-order valence-corrected chi connectivity index (χ3v) is 5.88. The number of carbonyl (C=O) groups is 2. The Morgan fingerprint density at radius 3 is 1.95 bits per heavy atom. The Bertz CT molecular complexity index is 1230. The normalized spacial score (nSPS) is 18.1. The second-order valence-electron chi connectivity index (χ2n) is 10.3. The third-order valence-electron chi connectivity index (χ3n) is 5.88. The topological polar surface area (TPSA) is 118 Å². The Morgan fingerprint density at radius 1 is 0.900 bits per heavy atom. The number of alkyl halides is 6. The van der Waals surface area contributed by atoms with Gasteiger partial charge in [-0.25, -0.2) is 14.2 Å². The molecule has 1 aliphatic rings. The van der Waals surface area contributed by atoms with Crippen molar-refractivity contribution in [3.8, 4) is 0 Å². The Morgan fingerprint density at radius 2 is 1.45 bits per heavy atom. The quantitative estimate of drug-likeness (QED) is 0.296. The van der Waals surface area contributed by atoms with Crippen molar-refractivity contribution in [2.75, 3.05) is 10.6 Å². The minimum Gasteiger partial charge on any atom is -0.444 e. The molecule has 0 spiro atoms. The molecule has 220 valence electrons. The van der Waals surface area contributed by atoms with Crippen molar-refractivity contribution in [1.29, 1.82) is 0 Å². The van der Waals surface area contributed by atoms with E-state index in [0.717, 1.165) is 6.42 Å². The summed E-state index contributed by atoms with van der Waals surface area (Å²) in [5, 5.41) is 7.78. The molecule has 1 aromatic carbocycles. The van der Waals surface area contributed by atoms with E-state index in [1.54, 1.807) is 20.8 Å². The highest BCUT2D eigenvalue weighted by molar-refractivity contribution is 5.98. The molecule has 1 heterocycles. The minimum absolute atomic E-state index is 0.0634. The van der Waals surface area contributed by atoms with Gasteiger partial charge in [-0.15, -0.1) is 0 Å². The first-order valence-electron chi connectivity index (χ1n) is 12.2. The van der Waals surface area contributed by atoms with Crippen LogP contribution in [0.15, 0.2) is 24.3 Å². The number of halogens is 7. The standard InChI is InChI=1S/C25H28F7N5O3/c1-23(2,3)40-22(39)36-18-7-5-4-6-17(18)35-21-16(26)11-15(19(33)38)20(37-21)34-14-9-12(24(27,28)29)8-13(10-14)25(30,31)32/h8-11,17-18H,4-7H2,1-3H3,(H2,33,38)(H,36,39)(H2,34,35,37)/t17-,18+/m1/s1. The van der Waals surface area contributed by atoms with E-state index in [1.807, 2.05) is 0 Å². The van der Waals surface area contributed by atoms with E-state index >= 15 is 0 Å². The van der Waals surface area contributed by atoms with Gasteiger partial charge in [0, 0.05) is 11.7 Å². The van der Waals surface area contributed by atoms with Gasteiger partial charge in [0.25, 0.3) is 5.91 Å². The number of rotatable bonds is 6. The molecule has 1 aromatic heterocycles. The van der Waals surface area contributed by atoms with Gasteiger partial charge in [0.05, 0.1) is 22.7 Å². The molecule has 8 nitrogen and oxygen atoms in total. The number of alkyl carbamates (subject to hydrolysis) is 1. The maximum atomic E-state index is 15.0. The number of nitrogens with two attached hydrogens (primary N) is 1. The Balaban J connectivity index is 1.96. The van der Waals surface area contributed by atoms with Crippen LogP contribution in [0.1, 0.15) is 67.9 Å². The molecule has 5 N–H and O–H groups in total. The summed E-state index contributed by atoms with van der Waals surface area (Å²) in [5.74, 6) is -3.32. The summed E-state index contributed by atoms with van der Waals surface area (Å²) in [4.78, 5) is 28.2. The number of carbonyl (C=O) groups excluding carboxylic acids is 2. The van der Waals surface area contributed by atoms with Crippen LogP contribution in [0.25, 0.3) is 0 Å². The molecular weight excluding hydrogens is 551 g/mol. The first-order chi connectivity index (χ1) is 18.3. The van der Waals surface area contributed by atoms with Crippen LogP contribution in [0.2, 0.25) is 0 Å². The fourth-order valence-electron chi connectivity index (χ4n) is 4.15. The lowest BCUT2D eigenvalue weighted by molar-refractivity contribution is -0.143. The van der Waals surface area contributed by atoms with Gasteiger partial charge in [-0.1, -0.05) is 12.8 Å². The van der Waals surface area contributed by atoms with Gasteiger partial charge < -0.3 is 26.4 Å². The lowest BCUT2D eigenvalue weighted by Gasteiger charge is -2.34. The first kappa shape index (κ1) is 30.8. The second-order valence-corrected chi connectivity index (χ2v) is 10.3. The molecular formula is C25H28F7N5O3. The minimum atomic E-state index is -5.12. The molecule has 0 unspecified atom stereocenters. The van der Waals surface area contributed by atoms with E-state index in [4.69, 9.17) is 10.5 Å². The largest absolute Gasteiger partial charge is 0.444 e. The highest BCUT2D eigenvalue weighted by atomic mass is 19.4. The molecule has 1 aliphatic carbocycles. The van der Waals surface area contributed by atoms with E-state index < -0.39 is 81.9 Å². The number of nitrogens with zero attached hydrogens (tertiary/aromatic N) is 1. The fraction of sp³-hybridized carbons (Fsp3) is 0.480. The van der Waals surface area contributed by atoms with Crippen LogP contribution in [-0.2, 0) is 17.1 Å². The van der Waals surface area contributed by atoms with Gasteiger partial charge in [-0.05, 0) is 57.9 Å². The zero-order valence-electron chi connectivity index (χ0n) is 21.7. The van der Waals surface area contributed by atoms with Gasteiger partial charge in [0.2, 0.25) is 0 Å². The van der Waals surface area contributed by atoms with Gasteiger partial charge in [0.15, 0.2) is 11.6 Å². The van der Waals surface area contributed by atoms with Crippen LogP contribution in [0, 0.1) is 5.82 Å². The monoisotopic (exact) mass is 579 g/mol. The van der Waals surface area contributed by atoms with Gasteiger partial charge in [-0.3, -0.25) is 4.79 Å². The molecule has 0 radical (unpaired) electrons. The number of hydrogen-bond acceptors (Lipinski definition) is 6. The molecule has 2 atom stereocenters. The second kappa shape index (κ2) is 11.4. The van der Waals surface area contributed by atoms with Crippen molar-refractivity contribution in [2.24, 2.45) is 5.73 Å². The lowest BCUT2D eigenvalue weighted by Crippen LogP contribution is -2.50. The van der Waals surface area contributed by atoms with Crippen LogP contribution < -0.4 is 21.7 Å². The van der Waals surface area contributed by atoms with Crippen molar-refractivity contribution in [2.45, 2.75) is 76.5 Å². The van der Waals surface area contributed by atoms with Crippen molar-refractivity contribution < 1.29 is 45.1 Å². The van der Waals surface area contributed by atoms with Crippen LogP contribution in [0.5, 0.6) is 0 Å². The molecule has 0 aliphatic heterocycles. The summed E-state index contributed by atoms with van der Waals surface area (Å²) in [5.41, 5.74) is -0.0342. The summed E-state index contributed by atoms with van der Waals surface area (Å²) in [6.45, 7) is 5.04. The van der Waals surface area contributed by atoms with E-state index in [-0.39, 0.29) is 6.07 Å². The van der Waals surface area contributed by atoms with Crippen molar-refractivity contribution in [3.05, 3.63) is 46.8 Å². The predicted octanol–water partition coefficient (Wildman–Crippen LogP) is 6.35. The number of pyridine rings is 1. The number of ether oxygens (including phenoxy) is 1. The number of aromatic nitrogens is 1. The number of hydrogen-bond donors (Lipinski definition) is 4. The van der Waals surface area contributed by atoms with E-state index in [9.17, 15) is 40.3 Å². The number of amides is 2. The van der Waals surface area contributed by atoms with Crippen LogP contribution in [0.4, 0.5) is 52.9 Å². The maximum Gasteiger partial charge on any atom is 0.416 e. The zero-order chi connectivity index (χ0) is 30.0. The Labute approximate surface area is 224 Å². The fourth-order valence-corrected chi connectivity index (χ4v) is 4.15. The number of primary amides is 1. The van der Waals surface area contributed by atoms with E-state index in [0.29, 0.717) is 37.5 Å². The van der Waals surface area contributed by atoms with Crippen LogP contribution >= 0.6 is 0 Å². The van der Waals surface area contributed by atoms with E-state index in [1.165, 1.54) is 0 Å². The third kappa shape index (κ3) is 8.11. The van der Waals surface area contributed by atoms with Gasteiger partial charge in [-0.2, -0.15) is 26.3 Å². The SMILES string of the molecule is CC(C)(C)OC(=O)N[C@H]1CCCC[C@H]1Nc1nc(Nc2cc(C(F)(F)F)cc(C(F)(F)F)c2)c(C(N)=O)cc1F. The lowest BCUT2D eigenvalue weighted by atomic mass is 9.90.